The van der Waals surface area contributed by atoms with Gasteiger partial charge in [-0.25, -0.2) is 0 Å². The number of nitrogens with one attached hydrogen (secondary N) is 1. The second-order valence-corrected chi connectivity index (χ2v) is 5.59. The molecular weight excluding hydrogens is 192 g/mol. The molecule has 0 amide bonds. The molecule has 0 aromatic rings. The predicted octanol–water partition coefficient (Wildman–Crippen LogP) is 1.57. The highest BCUT2D eigenvalue weighted by Crippen LogP contribution is 2.13. The lowest BCUT2D eigenvalue weighted by atomic mass is 10.1. The summed E-state index contributed by atoms with van der Waals surface area (Å²) < 4.78 is 0. The Kier molecular flexibility index (Phi) is 4.61. The third-order valence-electron chi connectivity index (χ3n) is 3.14. The van der Waals surface area contributed by atoms with Crippen molar-refractivity contribution in [1.29, 1.82) is 0 Å². The normalized spacial score (nSPS) is 31.3. The van der Waals surface area contributed by atoms with Gasteiger partial charge in [0, 0.05) is 18.3 Å². The minimum Gasteiger partial charge on any atom is -0.312 e. The van der Waals surface area contributed by atoms with Gasteiger partial charge in [0.2, 0.25) is 0 Å². The Morgan fingerprint density at radius 3 is 2.86 bits per heavy atom. The molecule has 3 heteroatoms. The largest absolute Gasteiger partial charge is 0.312 e. The molecule has 2 saturated heterocycles. The van der Waals surface area contributed by atoms with E-state index in [2.05, 4.69) is 22.0 Å². The number of hydrogen-bond acceptors (Lipinski definition) is 3. The average molecular weight is 214 g/mol. The van der Waals surface area contributed by atoms with Gasteiger partial charge in [0.05, 0.1) is 0 Å². The van der Waals surface area contributed by atoms with Gasteiger partial charge in [-0.2, -0.15) is 11.8 Å². The first kappa shape index (κ1) is 10.8. The second kappa shape index (κ2) is 5.99. The van der Waals surface area contributed by atoms with E-state index in [-0.39, 0.29) is 0 Å². The van der Waals surface area contributed by atoms with Gasteiger partial charge in [0.25, 0.3) is 0 Å². The molecule has 1 atom stereocenters. The molecule has 2 heterocycles. The van der Waals surface area contributed by atoms with E-state index < -0.39 is 0 Å². The number of hydrogen-bond donors (Lipinski definition) is 1. The summed E-state index contributed by atoms with van der Waals surface area (Å²) >= 11 is 2.12. The van der Waals surface area contributed by atoms with E-state index in [1.165, 1.54) is 63.4 Å². The maximum atomic E-state index is 3.67. The molecule has 2 aliphatic heterocycles. The van der Waals surface area contributed by atoms with E-state index in [0.29, 0.717) is 0 Å². The molecule has 1 N–H and O–H groups in total. The van der Waals surface area contributed by atoms with Gasteiger partial charge < -0.3 is 10.2 Å². The molecule has 2 fully saturated rings. The van der Waals surface area contributed by atoms with Crippen LogP contribution in [0, 0.1) is 0 Å². The first-order valence-corrected chi connectivity index (χ1v) is 7.14. The number of likely N-dealkylation sites (tertiary alicyclic amines) is 1. The molecule has 0 bridgehead atoms. The van der Waals surface area contributed by atoms with E-state index in [1.54, 1.807) is 0 Å². The van der Waals surface area contributed by atoms with Crippen LogP contribution in [0.2, 0.25) is 0 Å². The Labute approximate surface area is 91.8 Å². The van der Waals surface area contributed by atoms with Crippen LogP contribution in [-0.2, 0) is 0 Å². The summed E-state index contributed by atoms with van der Waals surface area (Å²) in [7, 11) is 0. The quantitative estimate of drug-likeness (QED) is 0.751. The minimum absolute atomic E-state index is 0.751. The van der Waals surface area contributed by atoms with Crippen LogP contribution in [0.4, 0.5) is 0 Å². The summed E-state index contributed by atoms with van der Waals surface area (Å²) in [5, 5.41) is 3.67. The molecule has 0 radical (unpaired) electrons. The van der Waals surface area contributed by atoms with Crippen molar-refractivity contribution in [1.82, 2.24) is 10.2 Å². The van der Waals surface area contributed by atoms with Gasteiger partial charge >= 0.3 is 0 Å². The highest BCUT2D eigenvalue weighted by Gasteiger charge is 2.17. The van der Waals surface area contributed by atoms with E-state index in [1.807, 2.05) is 0 Å². The molecular formula is C11H22N2S. The summed E-state index contributed by atoms with van der Waals surface area (Å²) in [6.45, 7) is 5.18. The smallest absolute Gasteiger partial charge is 0.0285 e. The fraction of sp³-hybridized carbons (Fsp3) is 1.00. The van der Waals surface area contributed by atoms with E-state index in [0.717, 1.165) is 6.04 Å². The zero-order valence-electron chi connectivity index (χ0n) is 9.00. The van der Waals surface area contributed by atoms with Crippen molar-refractivity contribution in [2.45, 2.75) is 31.7 Å². The summed E-state index contributed by atoms with van der Waals surface area (Å²) in [6.07, 6.45) is 5.63. The van der Waals surface area contributed by atoms with Gasteiger partial charge in [-0.15, -0.1) is 0 Å². The zero-order valence-corrected chi connectivity index (χ0v) is 9.82. The fourth-order valence-electron chi connectivity index (χ4n) is 2.34. The van der Waals surface area contributed by atoms with E-state index in [9.17, 15) is 0 Å². The van der Waals surface area contributed by atoms with Crippen molar-refractivity contribution >= 4 is 11.8 Å². The average Bonchev–Trinajstić information content (AvgIpc) is 2.48. The van der Waals surface area contributed by atoms with E-state index in [4.69, 9.17) is 0 Å². The number of nitrogens with zero attached hydrogens (tertiary/aromatic N) is 1. The first-order valence-electron chi connectivity index (χ1n) is 5.98. The van der Waals surface area contributed by atoms with Crippen LogP contribution in [0.25, 0.3) is 0 Å². The van der Waals surface area contributed by atoms with Crippen LogP contribution in [0.1, 0.15) is 25.7 Å². The standard InChI is InChI=1S/C11H22N2S/c1-2-6-13(7-3-1)9-11-10-14-8-4-5-12-11/h11-12H,1-10H2/t11-/m1/s1. The summed E-state index contributed by atoms with van der Waals surface area (Å²) in [4.78, 5) is 2.65. The Morgan fingerprint density at radius 1 is 1.14 bits per heavy atom. The number of thioether (sulfide) groups is 1. The van der Waals surface area contributed by atoms with Crippen LogP contribution >= 0.6 is 11.8 Å². The molecule has 0 aromatic heterocycles. The highest BCUT2D eigenvalue weighted by molar-refractivity contribution is 7.99. The van der Waals surface area contributed by atoms with Crippen LogP contribution in [0.5, 0.6) is 0 Å². The molecule has 2 aliphatic rings. The zero-order chi connectivity index (χ0) is 9.64. The van der Waals surface area contributed by atoms with Crippen molar-refractivity contribution in [3.63, 3.8) is 0 Å². The summed E-state index contributed by atoms with van der Waals surface area (Å²) in [6, 6.07) is 0.751. The molecule has 82 valence electrons. The lowest BCUT2D eigenvalue weighted by Gasteiger charge is -2.30. The van der Waals surface area contributed by atoms with Crippen molar-refractivity contribution in [3.05, 3.63) is 0 Å². The fourth-order valence-corrected chi connectivity index (χ4v) is 3.36. The van der Waals surface area contributed by atoms with Crippen molar-refractivity contribution in [2.75, 3.05) is 37.7 Å². The molecule has 0 aliphatic carbocycles. The maximum Gasteiger partial charge on any atom is 0.0285 e. The van der Waals surface area contributed by atoms with Gasteiger partial charge in [-0.05, 0) is 44.6 Å². The Morgan fingerprint density at radius 2 is 2.00 bits per heavy atom. The van der Waals surface area contributed by atoms with Crippen molar-refractivity contribution in [2.24, 2.45) is 0 Å². The van der Waals surface area contributed by atoms with Crippen LogP contribution in [0.3, 0.4) is 0 Å². The van der Waals surface area contributed by atoms with Crippen LogP contribution in [-0.4, -0.2) is 48.6 Å². The van der Waals surface area contributed by atoms with Gasteiger partial charge in [-0.3, -0.25) is 0 Å². The lowest BCUT2D eigenvalue weighted by molar-refractivity contribution is 0.211. The van der Waals surface area contributed by atoms with Gasteiger partial charge in [-0.1, -0.05) is 6.42 Å². The predicted molar refractivity (Wildman–Crippen MR) is 64.0 cm³/mol. The van der Waals surface area contributed by atoms with Crippen molar-refractivity contribution < 1.29 is 0 Å². The highest BCUT2D eigenvalue weighted by atomic mass is 32.2. The maximum absolute atomic E-state index is 3.67. The Bertz CT molecular complexity index is 149. The Hall–Kier alpha value is 0.270. The summed E-state index contributed by atoms with van der Waals surface area (Å²) in [5.41, 5.74) is 0. The third-order valence-corrected chi connectivity index (χ3v) is 4.36. The molecule has 0 unspecified atom stereocenters. The molecule has 0 saturated carbocycles. The third kappa shape index (κ3) is 3.44. The molecule has 0 aromatic carbocycles. The monoisotopic (exact) mass is 214 g/mol. The van der Waals surface area contributed by atoms with Crippen LogP contribution in [0.15, 0.2) is 0 Å². The molecule has 2 nitrogen and oxygen atoms in total. The summed E-state index contributed by atoms with van der Waals surface area (Å²) in [5.74, 6) is 2.67. The number of rotatable bonds is 2. The number of piperidine rings is 1. The molecule has 0 spiro atoms. The molecule has 14 heavy (non-hydrogen) atoms. The van der Waals surface area contributed by atoms with Gasteiger partial charge in [0.15, 0.2) is 0 Å². The second-order valence-electron chi connectivity index (χ2n) is 4.44. The topological polar surface area (TPSA) is 15.3 Å². The van der Waals surface area contributed by atoms with Crippen molar-refractivity contribution in [3.8, 4) is 0 Å². The van der Waals surface area contributed by atoms with E-state index >= 15 is 0 Å². The van der Waals surface area contributed by atoms with Gasteiger partial charge in [0.1, 0.15) is 0 Å². The lowest BCUT2D eigenvalue weighted by Crippen LogP contribution is -2.44. The SMILES string of the molecule is C1CCN(C[C@@H]2CSCCCN2)CC1. The van der Waals surface area contributed by atoms with Crippen LogP contribution < -0.4 is 5.32 Å². The molecule has 2 rings (SSSR count). The Balaban J connectivity index is 1.71. The minimum atomic E-state index is 0.751. The first-order chi connectivity index (χ1) is 6.95.